The van der Waals surface area contributed by atoms with Crippen LogP contribution in [-0.2, 0) is 29.0 Å². The average Bonchev–Trinajstić information content (AvgIpc) is 1.72. The van der Waals surface area contributed by atoms with E-state index < -0.39 is 19.0 Å². The Labute approximate surface area is 67.3 Å². The molecule has 3 nitrogen and oxygen atoms in total. The van der Waals surface area contributed by atoms with Crippen molar-refractivity contribution in [2.75, 3.05) is 21.3 Å². The second-order valence-corrected chi connectivity index (χ2v) is 3.56. The van der Waals surface area contributed by atoms with E-state index in [2.05, 4.69) is 0 Å². The summed E-state index contributed by atoms with van der Waals surface area (Å²) in [6.45, 7) is 0. The van der Waals surface area contributed by atoms with Crippen LogP contribution in [0.15, 0.2) is 0 Å². The van der Waals surface area contributed by atoms with Gasteiger partial charge in [-0.2, -0.15) is 0 Å². The third-order valence-corrected chi connectivity index (χ3v) is 2.06. The summed E-state index contributed by atoms with van der Waals surface area (Å²) < 4.78 is 14.3. The molecule has 0 atom stereocenters. The van der Waals surface area contributed by atoms with Gasteiger partial charge in [0.1, 0.15) is 0 Å². The van der Waals surface area contributed by atoms with Crippen molar-refractivity contribution in [1.29, 1.82) is 0 Å². The number of halogens is 1. The van der Waals surface area contributed by atoms with Crippen molar-refractivity contribution in [2.24, 2.45) is 0 Å². The molecule has 0 saturated heterocycles. The number of hydrogen-bond donors (Lipinski definition) is 0. The summed E-state index contributed by atoms with van der Waals surface area (Å²) >= 11 is -1.90. The maximum atomic E-state index is 4.77. The third-order valence-electron chi connectivity index (χ3n) is 0.500. The van der Waals surface area contributed by atoms with Gasteiger partial charge in [0.2, 0.25) is 0 Å². The molecule has 0 saturated carbocycles. The average molecular weight is 222 g/mol. The van der Waals surface area contributed by atoms with Crippen LogP contribution in [0.25, 0.3) is 0 Å². The van der Waals surface area contributed by atoms with Crippen LogP contribution in [0.1, 0.15) is 0 Å². The van der Waals surface area contributed by atoms with E-state index in [4.69, 9.17) is 9.96 Å². The van der Waals surface area contributed by atoms with Crippen LogP contribution < -0.4 is 0 Å². The van der Waals surface area contributed by atoms with E-state index in [1.165, 1.54) is 0 Å². The molecule has 0 aliphatic carbocycles. The summed E-state index contributed by atoms with van der Waals surface area (Å²) in [7, 11) is 4.76. The molecule has 0 heterocycles. The minimum atomic E-state index is -1.90. The van der Waals surface area contributed by atoms with Gasteiger partial charge in [-0.25, -0.2) is 0 Å². The van der Waals surface area contributed by atoms with Crippen molar-refractivity contribution in [3.8, 4) is 0 Å². The van der Waals surface area contributed by atoms with Gasteiger partial charge in [-0.15, -0.1) is 17.0 Å². The monoisotopic (exact) mass is 221 g/mol. The van der Waals surface area contributed by atoms with E-state index in [9.17, 15) is 0 Å². The topological polar surface area (TPSA) is 27.7 Å². The Bertz CT molecular complexity index is 36.0. The quantitative estimate of drug-likeness (QED) is 0.663. The summed E-state index contributed by atoms with van der Waals surface area (Å²) in [5.41, 5.74) is 0. The van der Waals surface area contributed by atoms with Gasteiger partial charge in [-0.3, -0.25) is 0 Å². The molecule has 0 aromatic heterocycles. The standard InChI is InChI=1S/3CH3O.BrH.Ti/c3*1-2;;/h3*1H3;1H;/q3*-1;;+3. The van der Waals surface area contributed by atoms with Gasteiger partial charge in [-0.1, -0.05) is 0 Å². The van der Waals surface area contributed by atoms with Crippen LogP contribution >= 0.6 is 17.0 Å². The number of hydrogen-bond acceptors (Lipinski definition) is 3. The Morgan fingerprint density at radius 2 is 1.12 bits per heavy atom. The fourth-order valence-electron chi connectivity index (χ4n) is 0.250. The predicted molar refractivity (Wildman–Crippen MR) is 31.3 cm³/mol. The van der Waals surface area contributed by atoms with Crippen LogP contribution in [-0.4, -0.2) is 21.3 Å². The molecule has 0 aliphatic heterocycles. The Kier molecular flexibility index (Phi) is 11.9. The fraction of sp³-hybridized carbons (Fsp3) is 1.00. The maximum absolute atomic E-state index is 4.77. The van der Waals surface area contributed by atoms with Crippen molar-refractivity contribution >= 4 is 17.0 Å². The van der Waals surface area contributed by atoms with E-state index in [1.807, 2.05) is 0 Å². The summed E-state index contributed by atoms with van der Waals surface area (Å²) in [6.07, 6.45) is 0. The third kappa shape index (κ3) is 5.22. The van der Waals surface area contributed by atoms with E-state index in [-0.39, 0.29) is 17.0 Å². The van der Waals surface area contributed by atoms with Crippen LogP contribution in [0.5, 0.6) is 0 Å². The van der Waals surface area contributed by atoms with E-state index in [0.29, 0.717) is 0 Å². The first-order valence-electron chi connectivity index (χ1n) is 1.84. The van der Waals surface area contributed by atoms with Crippen molar-refractivity contribution in [3.63, 3.8) is 0 Å². The van der Waals surface area contributed by atoms with Gasteiger partial charge in [-0.05, 0) is 0 Å². The molecule has 0 rings (SSSR count). The molecule has 0 aliphatic rings. The molecule has 0 fully saturated rings. The molecule has 8 heavy (non-hydrogen) atoms. The zero-order valence-electron chi connectivity index (χ0n) is 5.13. The summed E-state index contributed by atoms with van der Waals surface area (Å²) in [6, 6.07) is 0. The SMILES string of the molecule is Br.C[O][Ti]([O]C)[O]C. The summed E-state index contributed by atoms with van der Waals surface area (Å²) in [4.78, 5) is 0. The Balaban J connectivity index is 0. The Morgan fingerprint density at radius 3 is 1.12 bits per heavy atom. The van der Waals surface area contributed by atoms with E-state index >= 15 is 0 Å². The van der Waals surface area contributed by atoms with Gasteiger partial charge in [0.15, 0.2) is 0 Å². The molecule has 0 N–H and O–H groups in total. The van der Waals surface area contributed by atoms with Crippen LogP contribution in [0.4, 0.5) is 0 Å². The van der Waals surface area contributed by atoms with Gasteiger partial charge >= 0.3 is 50.3 Å². The first kappa shape index (κ1) is 11.8. The van der Waals surface area contributed by atoms with Crippen molar-refractivity contribution < 1.29 is 29.0 Å². The van der Waals surface area contributed by atoms with Crippen LogP contribution in [0.2, 0.25) is 0 Å². The van der Waals surface area contributed by atoms with Crippen molar-refractivity contribution in [1.82, 2.24) is 0 Å². The van der Waals surface area contributed by atoms with E-state index in [0.717, 1.165) is 0 Å². The molecule has 0 aromatic carbocycles. The molecular formula is C3H10BrO3Ti. The second kappa shape index (κ2) is 8.07. The van der Waals surface area contributed by atoms with Gasteiger partial charge < -0.3 is 0 Å². The summed E-state index contributed by atoms with van der Waals surface area (Å²) in [5, 5.41) is 0. The molecule has 0 aromatic rings. The molecule has 0 radical (unpaired) electrons. The molecule has 0 amide bonds. The molecule has 0 bridgehead atoms. The minimum absolute atomic E-state index is 0. The molecule has 5 heteroatoms. The first-order valence-corrected chi connectivity index (χ1v) is 3.75. The van der Waals surface area contributed by atoms with Gasteiger partial charge in [0.05, 0.1) is 0 Å². The Morgan fingerprint density at radius 1 is 0.875 bits per heavy atom. The van der Waals surface area contributed by atoms with Gasteiger partial charge in [0.25, 0.3) is 0 Å². The molecular weight excluding hydrogens is 212 g/mol. The molecule has 51 valence electrons. The Hall–Kier alpha value is 1.07. The summed E-state index contributed by atoms with van der Waals surface area (Å²) in [5.74, 6) is 0. The van der Waals surface area contributed by atoms with Gasteiger partial charge in [0, 0.05) is 0 Å². The zero-order chi connectivity index (χ0) is 5.70. The molecule has 0 unspecified atom stereocenters. The van der Waals surface area contributed by atoms with E-state index in [1.54, 1.807) is 21.3 Å². The van der Waals surface area contributed by atoms with Crippen LogP contribution in [0.3, 0.4) is 0 Å². The second-order valence-electron chi connectivity index (χ2n) is 0.862. The van der Waals surface area contributed by atoms with Crippen molar-refractivity contribution in [2.45, 2.75) is 0 Å². The predicted octanol–water partition coefficient (Wildman–Crippen LogP) is 0.867. The number of rotatable bonds is 3. The zero-order valence-corrected chi connectivity index (χ0v) is 8.41. The van der Waals surface area contributed by atoms with Crippen molar-refractivity contribution in [3.05, 3.63) is 0 Å². The normalized spacial score (nSPS) is 7.88. The fourth-order valence-corrected chi connectivity index (χ4v) is 1.03. The van der Waals surface area contributed by atoms with Crippen LogP contribution in [0, 0.1) is 0 Å². The molecule has 0 spiro atoms. The first-order chi connectivity index (χ1) is 3.35.